The first kappa shape index (κ1) is 17.5. The molecule has 10 heteroatoms. The van der Waals surface area contributed by atoms with Gasteiger partial charge in [-0.2, -0.15) is 0 Å². The van der Waals surface area contributed by atoms with Gasteiger partial charge in [0.05, 0.1) is 15.2 Å². The molecule has 0 bridgehead atoms. The summed E-state index contributed by atoms with van der Waals surface area (Å²) in [5.74, 6) is -0.291. The van der Waals surface area contributed by atoms with Crippen molar-refractivity contribution in [2.75, 3.05) is 14.1 Å². The molecule has 0 aliphatic rings. The number of nitrogens with one attached hydrogen (secondary N) is 1. The van der Waals surface area contributed by atoms with Gasteiger partial charge in [-0.3, -0.25) is 24.7 Å². The minimum atomic E-state index is -0.804. The van der Waals surface area contributed by atoms with Gasteiger partial charge < -0.3 is 4.90 Å². The van der Waals surface area contributed by atoms with Crippen LogP contribution in [-0.4, -0.2) is 39.4 Å². The molecule has 26 heavy (non-hydrogen) atoms. The number of aromatic amines is 1. The SMILES string of the molecule is Cc1c(C(=O)N(C)C)sc2[nH]c(=O)n(-c3ccccc3[N+](=O)[O-])c(=O)c12. The van der Waals surface area contributed by atoms with Crippen LogP contribution in [0.15, 0.2) is 33.9 Å². The van der Waals surface area contributed by atoms with Gasteiger partial charge >= 0.3 is 5.69 Å². The van der Waals surface area contributed by atoms with Gasteiger partial charge in [-0.15, -0.1) is 11.3 Å². The van der Waals surface area contributed by atoms with Crippen molar-refractivity contribution in [2.24, 2.45) is 0 Å². The third-order valence-electron chi connectivity index (χ3n) is 3.91. The number of nitro benzene ring substituents is 1. The third kappa shape index (κ3) is 2.60. The first-order chi connectivity index (χ1) is 12.2. The number of aryl methyl sites for hydroxylation is 1. The number of carbonyl (C=O) groups excluding carboxylic acids is 1. The van der Waals surface area contributed by atoms with Gasteiger partial charge in [0, 0.05) is 20.2 Å². The monoisotopic (exact) mass is 374 g/mol. The maximum atomic E-state index is 13.0. The van der Waals surface area contributed by atoms with Gasteiger partial charge in [0.2, 0.25) is 0 Å². The molecule has 134 valence electrons. The fraction of sp³-hybridized carbons (Fsp3) is 0.188. The fourth-order valence-electron chi connectivity index (χ4n) is 2.65. The molecule has 3 rings (SSSR count). The molecule has 2 aromatic heterocycles. The van der Waals surface area contributed by atoms with E-state index in [9.17, 15) is 24.5 Å². The zero-order chi connectivity index (χ0) is 19.2. The predicted molar refractivity (Wildman–Crippen MR) is 97.5 cm³/mol. The number of H-pyrrole nitrogens is 1. The summed E-state index contributed by atoms with van der Waals surface area (Å²) in [7, 11) is 3.17. The summed E-state index contributed by atoms with van der Waals surface area (Å²) in [6.45, 7) is 1.61. The van der Waals surface area contributed by atoms with Crippen molar-refractivity contribution in [3.63, 3.8) is 0 Å². The van der Waals surface area contributed by atoms with E-state index < -0.39 is 16.2 Å². The second kappa shape index (κ2) is 6.23. The second-order valence-corrected chi connectivity index (χ2v) is 6.80. The van der Waals surface area contributed by atoms with E-state index in [4.69, 9.17) is 0 Å². The average molecular weight is 374 g/mol. The lowest BCUT2D eigenvalue weighted by atomic mass is 10.2. The number of para-hydroxylation sites is 2. The minimum Gasteiger partial charge on any atom is -0.344 e. The van der Waals surface area contributed by atoms with Gasteiger partial charge in [0.25, 0.3) is 17.2 Å². The normalized spacial score (nSPS) is 10.9. The Morgan fingerprint density at radius 3 is 2.54 bits per heavy atom. The molecule has 0 saturated heterocycles. The van der Waals surface area contributed by atoms with Crippen LogP contribution < -0.4 is 11.2 Å². The largest absolute Gasteiger partial charge is 0.344 e. The number of nitro groups is 1. The molecule has 2 heterocycles. The van der Waals surface area contributed by atoms with Crippen LogP contribution in [0, 0.1) is 17.0 Å². The molecule has 0 saturated carbocycles. The first-order valence-corrected chi connectivity index (χ1v) is 8.29. The van der Waals surface area contributed by atoms with Crippen LogP contribution in [0.5, 0.6) is 0 Å². The van der Waals surface area contributed by atoms with E-state index in [-0.39, 0.29) is 27.5 Å². The third-order valence-corrected chi connectivity index (χ3v) is 5.10. The zero-order valence-corrected chi connectivity index (χ0v) is 14.9. The smallest absolute Gasteiger partial charge is 0.334 e. The summed E-state index contributed by atoms with van der Waals surface area (Å²) in [4.78, 5) is 52.8. The Kier molecular flexibility index (Phi) is 4.20. The lowest BCUT2D eigenvalue weighted by Gasteiger charge is -2.08. The summed E-state index contributed by atoms with van der Waals surface area (Å²) in [5, 5.41) is 11.4. The van der Waals surface area contributed by atoms with Crippen LogP contribution in [0.25, 0.3) is 15.9 Å². The van der Waals surface area contributed by atoms with Crippen LogP contribution in [0.1, 0.15) is 15.2 Å². The van der Waals surface area contributed by atoms with Crippen LogP contribution in [-0.2, 0) is 0 Å². The lowest BCUT2D eigenvalue weighted by molar-refractivity contribution is -0.384. The summed E-state index contributed by atoms with van der Waals surface area (Å²) in [6, 6.07) is 5.49. The van der Waals surface area contributed by atoms with Crippen LogP contribution in [0.3, 0.4) is 0 Å². The number of fused-ring (bicyclic) bond motifs is 1. The molecule has 0 aliphatic heterocycles. The molecular weight excluding hydrogens is 360 g/mol. The molecule has 0 aliphatic carbocycles. The first-order valence-electron chi connectivity index (χ1n) is 7.48. The molecule has 1 amide bonds. The number of hydrogen-bond donors (Lipinski definition) is 1. The van der Waals surface area contributed by atoms with Crippen molar-refractivity contribution >= 4 is 33.1 Å². The van der Waals surface area contributed by atoms with E-state index in [1.807, 2.05) is 0 Å². The quantitative estimate of drug-likeness (QED) is 0.552. The number of amides is 1. The predicted octanol–water partition coefficient (Wildman–Crippen LogP) is 1.66. The Hall–Kier alpha value is -3.27. The van der Waals surface area contributed by atoms with E-state index in [1.54, 1.807) is 21.0 Å². The van der Waals surface area contributed by atoms with Crippen molar-refractivity contribution in [3.05, 3.63) is 65.7 Å². The molecule has 3 aromatic rings. The highest BCUT2D eigenvalue weighted by molar-refractivity contribution is 7.20. The average Bonchev–Trinajstić information content (AvgIpc) is 2.90. The Bertz CT molecular complexity index is 1170. The minimum absolute atomic E-state index is 0.128. The van der Waals surface area contributed by atoms with Gasteiger partial charge in [0.15, 0.2) is 0 Å². The van der Waals surface area contributed by atoms with Gasteiger partial charge in [0.1, 0.15) is 10.5 Å². The highest BCUT2D eigenvalue weighted by atomic mass is 32.1. The highest BCUT2D eigenvalue weighted by Crippen LogP contribution is 2.28. The van der Waals surface area contributed by atoms with Crippen molar-refractivity contribution < 1.29 is 9.72 Å². The number of rotatable bonds is 3. The summed E-state index contributed by atoms with van der Waals surface area (Å²) < 4.78 is 0.726. The number of hydrogen-bond acceptors (Lipinski definition) is 6. The molecule has 1 aromatic carbocycles. The van der Waals surface area contributed by atoms with E-state index in [0.717, 1.165) is 15.9 Å². The number of carbonyl (C=O) groups is 1. The van der Waals surface area contributed by atoms with Gasteiger partial charge in [-0.25, -0.2) is 9.36 Å². The number of thiophene rings is 1. The van der Waals surface area contributed by atoms with Crippen molar-refractivity contribution in [2.45, 2.75) is 6.92 Å². The molecule has 0 unspecified atom stereocenters. The van der Waals surface area contributed by atoms with E-state index >= 15 is 0 Å². The fourth-order valence-corrected chi connectivity index (χ4v) is 3.86. The molecule has 0 atom stereocenters. The molecule has 0 fully saturated rings. The van der Waals surface area contributed by atoms with Crippen molar-refractivity contribution in [1.82, 2.24) is 14.5 Å². The Morgan fingerprint density at radius 2 is 1.92 bits per heavy atom. The lowest BCUT2D eigenvalue weighted by Crippen LogP contribution is -2.33. The second-order valence-electron chi connectivity index (χ2n) is 5.78. The van der Waals surface area contributed by atoms with Gasteiger partial charge in [-0.05, 0) is 18.6 Å². The topological polar surface area (TPSA) is 118 Å². The number of aromatic nitrogens is 2. The summed E-state index contributed by atoms with van der Waals surface area (Å²) in [6.07, 6.45) is 0. The van der Waals surface area contributed by atoms with E-state index in [1.165, 1.54) is 29.2 Å². The van der Waals surface area contributed by atoms with Crippen molar-refractivity contribution in [1.29, 1.82) is 0 Å². The maximum absolute atomic E-state index is 13.0. The highest BCUT2D eigenvalue weighted by Gasteiger charge is 2.24. The summed E-state index contributed by atoms with van der Waals surface area (Å²) in [5.41, 5.74) is -1.57. The Balaban J connectivity index is 2.39. The maximum Gasteiger partial charge on any atom is 0.334 e. The standard InChI is InChI=1S/C16H14N4O5S/c1-8-11-13(26-12(8)15(22)18(2)3)17-16(23)19(14(11)21)9-6-4-5-7-10(9)20(24)25/h4-7H,1-3H3,(H,17,23). The Labute approximate surface area is 150 Å². The number of nitrogens with zero attached hydrogens (tertiary/aromatic N) is 3. The molecular formula is C16H14N4O5S. The van der Waals surface area contributed by atoms with Crippen LogP contribution in [0.4, 0.5) is 5.69 Å². The number of benzene rings is 1. The van der Waals surface area contributed by atoms with Gasteiger partial charge in [-0.1, -0.05) is 12.1 Å². The summed E-state index contributed by atoms with van der Waals surface area (Å²) >= 11 is 1.01. The molecule has 0 radical (unpaired) electrons. The molecule has 9 nitrogen and oxygen atoms in total. The Morgan fingerprint density at radius 1 is 1.27 bits per heavy atom. The zero-order valence-electron chi connectivity index (χ0n) is 14.1. The molecule has 1 N–H and O–H groups in total. The molecule has 0 spiro atoms. The van der Waals surface area contributed by atoms with E-state index in [2.05, 4.69) is 4.98 Å². The van der Waals surface area contributed by atoms with E-state index in [0.29, 0.717) is 10.4 Å². The van der Waals surface area contributed by atoms with Crippen LogP contribution >= 0.6 is 11.3 Å². The van der Waals surface area contributed by atoms with Crippen molar-refractivity contribution in [3.8, 4) is 5.69 Å². The van der Waals surface area contributed by atoms with Crippen LogP contribution in [0.2, 0.25) is 0 Å².